The first-order valence-electron chi connectivity index (χ1n) is 1.02. The Hall–Kier alpha value is 0.869. The van der Waals surface area contributed by atoms with E-state index in [0.717, 1.165) is 0 Å². The molecule has 0 saturated heterocycles. The van der Waals surface area contributed by atoms with Crippen LogP contribution in [0.25, 0.3) is 0 Å². The van der Waals surface area contributed by atoms with E-state index in [-0.39, 0.29) is 68.7 Å². The summed E-state index contributed by atoms with van der Waals surface area (Å²) in [5, 5.41) is 0. The molecule has 0 aromatic carbocycles. The summed E-state index contributed by atoms with van der Waals surface area (Å²) in [5.41, 5.74) is 0. The molecule has 0 fully saturated rings. The number of rotatable bonds is 0. The molecule has 0 N–H and O–H groups in total. The molecule has 0 aromatic heterocycles. The van der Waals surface area contributed by atoms with Gasteiger partial charge in [0.25, 0.3) is 0 Å². The van der Waals surface area contributed by atoms with Gasteiger partial charge in [-0.1, -0.05) is 0 Å². The summed E-state index contributed by atoms with van der Waals surface area (Å²) < 4.78 is 37.5. The largest absolute Gasteiger partial charge is 1.00 e. The Kier molecular flexibility index (Phi) is 8150. The fourth-order valence-electron chi connectivity index (χ4n) is 0. The fraction of sp³-hybridized carbons (Fsp3) is 0. The van der Waals surface area contributed by atoms with Crippen LogP contribution >= 0.6 is 0 Å². The molecule has 5 nitrogen and oxygen atoms in total. The van der Waals surface area contributed by atoms with Gasteiger partial charge in [-0.05, 0) is 0 Å². The van der Waals surface area contributed by atoms with Crippen molar-refractivity contribution in [2.24, 2.45) is 0 Å². The second-order valence-corrected chi connectivity index (χ2v) is 0. The molecule has 0 bridgehead atoms. The van der Waals surface area contributed by atoms with Crippen LogP contribution in [0.4, 0.5) is 0 Å². The minimum atomic E-state index is 0. The van der Waals surface area contributed by atoms with Gasteiger partial charge in [-0.15, -0.1) is 0 Å². The molecular weight excluding hydrogens is 231 g/mol. The van der Waals surface area contributed by atoms with Crippen molar-refractivity contribution in [2.75, 3.05) is 0 Å². The topological polar surface area (TPSA) is 99.5 Å². The Balaban J connectivity index is -0.00000000500. The molecule has 0 radical (unpaired) electrons. The standard InChI is InChI=1S/5CO.Cr.K/c5*1-2;;/q;;;;;;+1. The monoisotopic (exact) mass is 231 g/mol. The molecule has 0 aromatic rings. The molecule has 0 aliphatic carbocycles. The molecule has 0 spiro atoms. The summed E-state index contributed by atoms with van der Waals surface area (Å²) in [7, 11) is 0. The summed E-state index contributed by atoms with van der Waals surface area (Å²) in [6, 6.07) is 0. The zero-order chi connectivity index (χ0) is 10.0. The van der Waals surface area contributed by atoms with Gasteiger partial charge in [0.05, 0.1) is 0 Å². The van der Waals surface area contributed by atoms with E-state index >= 15 is 0 Å². The number of hydrogen-bond donors (Lipinski definition) is 0. The predicted octanol–water partition coefficient (Wildman–Crippen LogP) is -3.19. The van der Waals surface area contributed by atoms with E-state index in [4.69, 9.17) is 23.3 Å². The average Bonchev–Trinajstić information content (AvgIpc) is 2.20. The van der Waals surface area contributed by atoms with Crippen LogP contribution in [-0.4, -0.2) is 0 Å². The second-order valence-electron chi connectivity index (χ2n) is 0. The maximum Gasteiger partial charge on any atom is 1.00 e. The molecule has 56 valence electrons. The van der Waals surface area contributed by atoms with Crippen molar-refractivity contribution in [2.45, 2.75) is 0 Å². The van der Waals surface area contributed by atoms with Crippen molar-refractivity contribution in [3.05, 3.63) is 33.3 Å². The van der Waals surface area contributed by atoms with Crippen LogP contribution in [0.1, 0.15) is 0 Å². The van der Waals surface area contributed by atoms with Crippen LogP contribution in [0.2, 0.25) is 0 Å². The molecule has 0 amide bonds. The third-order valence-corrected chi connectivity index (χ3v) is 0. The first-order chi connectivity index (χ1) is 5.00. The second kappa shape index (κ2) is 1860. The Bertz CT molecular complexity index is 78.4. The van der Waals surface area contributed by atoms with Crippen LogP contribution < -0.4 is 51.4 Å². The molecule has 0 aliphatic rings. The summed E-state index contributed by atoms with van der Waals surface area (Å²) >= 11 is 0. The van der Waals surface area contributed by atoms with Crippen molar-refractivity contribution in [1.82, 2.24) is 0 Å². The molecule has 0 unspecified atom stereocenters. The van der Waals surface area contributed by atoms with Crippen molar-refractivity contribution < 1.29 is 92.0 Å². The van der Waals surface area contributed by atoms with Gasteiger partial charge in [-0.25, -0.2) is 0 Å². The van der Waals surface area contributed by atoms with Gasteiger partial charge in [0.2, 0.25) is 0 Å². The van der Waals surface area contributed by atoms with Crippen molar-refractivity contribution in [3.8, 4) is 0 Å². The SMILES string of the molecule is [C-]#[O+].[C-]#[O+].[C-]#[O+].[C-]#[O+].[C-]#[O+].[Cr].[K+]. The van der Waals surface area contributed by atoms with Crippen LogP contribution in [0.5, 0.6) is 0 Å². The van der Waals surface area contributed by atoms with E-state index in [1.807, 2.05) is 0 Å². The van der Waals surface area contributed by atoms with Gasteiger partial charge in [-0.3, -0.25) is 0 Å². The van der Waals surface area contributed by atoms with Gasteiger partial charge in [0.15, 0.2) is 0 Å². The summed E-state index contributed by atoms with van der Waals surface area (Å²) in [5.74, 6) is 0. The van der Waals surface area contributed by atoms with Crippen LogP contribution in [0.15, 0.2) is 0 Å². The zero-order valence-corrected chi connectivity index (χ0v) is 10.3. The average molecular weight is 231 g/mol. The van der Waals surface area contributed by atoms with E-state index < -0.39 is 0 Å². The molecule has 7 heteroatoms. The predicted molar refractivity (Wildman–Crippen MR) is 19.6 cm³/mol. The fourth-order valence-corrected chi connectivity index (χ4v) is 0. The van der Waals surface area contributed by atoms with Gasteiger partial charge < -0.3 is 0 Å². The summed E-state index contributed by atoms with van der Waals surface area (Å²) in [4.78, 5) is 0. The van der Waals surface area contributed by atoms with Crippen LogP contribution in [-0.2, 0) is 40.6 Å². The van der Waals surface area contributed by atoms with E-state index in [9.17, 15) is 0 Å². The van der Waals surface area contributed by atoms with Crippen molar-refractivity contribution >= 4 is 0 Å². The van der Waals surface area contributed by atoms with Gasteiger partial charge in [-0.2, -0.15) is 0 Å². The third-order valence-electron chi connectivity index (χ3n) is 0. The van der Waals surface area contributed by atoms with Gasteiger partial charge in [0.1, 0.15) is 0 Å². The first kappa shape index (κ1) is 52.6. The maximum atomic E-state index is 7.50. The van der Waals surface area contributed by atoms with Crippen molar-refractivity contribution in [3.63, 3.8) is 0 Å². The zero-order valence-electron chi connectivity index (χ0n) is 5.95. The van der Waals surface area contributed by atoms with E-state index in [1.54, 1.807) is 0 Å². The third kappa shape index (κ3) is 1400. The minimum Gasteiger partial charge on any atom is 0 e. The Labute approximate surface area is 123 Å². The molecule has 0 aliphatic heterocycles. The molecule has 0 heterocycles. The molecule has 0 saturated carbocycles. The Morgan fingerprint density at radius 3 is 0.417 bits per heavy atom. The Morgan fingerprint density at radius 2 is 0.417 bits per heavy atom. The summed E-state index contributed by atoms with van der Waals surface area (Å²) in [6.45, 7) is 22.5. The van der Waals surface area contributed by atoms with Gasteiger partial charge >= 0.3 is 108 Å². The Morgan fingerprint density at radius 1 is 0.417 bits per heavy atom. The molecule has 12 heavy (non-hydrogen) atoms. The van der Waals surface area contributed by atoms with Crippen LogP contribution in [0.3, 0.4) is 0 Å². The number of hydrogen-bond acceptors (Lipinski definition) is 0. The quantitative estimate of drug-likeness (QED) is 0.238. The van der Waals surface area contributed by atoms with Crippen LogP contribution in [0, 0.1) is 33.3 Å². The summed E-state index contributed by atoms with van der Waals surface area (Å²) in [6.07, 6.45) is 0. The first-order valence-corrected chi connectivity index (χ1v) is 1.02. The normalized spacial score (nSPS) is 0.833. The molecule has 0 rings (SSSR count). The molecule has 0 atom stereocenters. The van der Waals surface area contributed by atoms with Crippen molar-refractivity contribution in [1.29, 1.82) is 0 Å². The minimum absolute atomic E-state index is 0. The molecular formula is C5CrKO5+. The maximum absolute atomic E-state index is 7.50. The van der Waals surface area contributed by atoms with Gasteiger partial charge in [0, 0.05) is 17.4 Å². The smallest absolute Gasteiger partial charge is 0 e. The van der Waals surface area contributed by atoms with E-state index in [0.29, 0.717) is 0 Å². The van der Waals surface area contributed by atoms with E-state index in [2.05, 4.69) is 33.3 Å². The van der Waals surface area contributed by atoms with E-state index in [1.165, 1.54) is 0 Å².